The number of pyridine rings is 2. The smallest absolute Gasteiger partial charge is 0.154 e. The van der Waals surface area contributed by atoms with Gasteiger partial charge in [0.1, 0.15) is 5.58 Å². The van der Waals surface area contributed by atoms with Gasteiger partial charge in [0, 0.05) is 51.4 Å². The molecule has 2 aromatic carbocycles. The Morgan fingerprint density at radius 3 is 2.04 bits per heavy atom. The summed E-state index contributed by atoms with van der Waals surface area (Å²) in [5, 5.41) is 2.32. The molecule has 132 valence electrons. The molecule has 0 aliphatic rings. The first-order valence-electron chi connectivity index (χ1n) is 9.06. The molecule has 4 aromatic heterocycles. The van der Waals surface area contributed by atoms with Crippen LogP contribution in [0.2, 0.25) is 0 Å². The summed E-state index contributed by atoms with van der Waals surface area (Å²) in [6, 6.07) is 21.0. The van der Waals surface area contributed by atoms with Gasteiger partial charge in [-0.05, 0) is 47.5 Å². The Morgan fingerprint density at radius 2 is 1.36 bits per heavy atom. The van der Waals surface area contributed by atoms with Gasteiger partial charge in [0.05, 0.1) is 4.70 Å². The average Bonchev–Trinajstić information content (AvgIpc) is 3.30. The lowest BCUT2D eigenvalue weighted by molar-refractivity contribution is 0.673. The van der Waals surface area contributed by atoms with E-state index in [1.165, 1.54) is 15.0 Å². The molecule has 0 amide bonds. The van der Waals surface area contributed by atoms with Crippen LogP contribution in [0.1, 0.15) is 0 Å². The Hall–Kier alpha value is -3.50. The second-order valence-corrected chi connectivity index (χ2v) is 7.82. The average molecular weight is 378 g/mol. The van der Waals surface area contributed by atoms with Crippen LogP contribution in [0.5, 0.6) is 0 Å². The van der Waals surface area contributed by atoms with Crippen LogP contribution < -0.4 is 0 Å². The molecule has 0 unspecified atom stereocenters. The highest BCUT2D eigenvalue weighted by molar-refractivity contribution is 7.26. The SMILES string of the molecule is c1cncc(-c2ccc3c(c2)oc2c4ccc(-c5cccnc5)cc4sc32)c1. The van der Waals surface area contributed by atoms with Crippen LogP contribution in [-0.4, -0.2) is 9.97 Å². The van der Waals surface area contributed by atoms with E-state index in [4.69, 9.17) is 4.42 Å². The minimum absolute atomic E-state index is 0.917. The Bertz CT molecular complexity index is 1340. The van der Waals surface area contributed by atoms with Crippen molar-refractivity contribution in [2.24, 2.45) is 0 Å². The lowest BCUT2D eigenvalue weighted by Crippen LogP contribution is -1.78. The van der Waals surface area contributed by atoms with Gasteiger partial charge in [-0.3, -0.25) is 9.97 Å². The quantitative estimate of drug-likeness (QED) is 0.328. The standard InChI is InChI=1S/C24H14N2OS/c1-3-17(13-25-9-1)15-5-7-19-21(11-15)27-23-20-8-6-16(12-22(20)28-24(19)23)18-4-2-10-26-14-18/h1-14H. The van der Waals surface area contributed by atoms with Gasteiger partial charge in [-0.25, -0.2) is 0 Å². The lowest BCUT2D eigenvalue weighted by atomic mass is 10.1. The zero-order valence-electron chi connectivity index (χ0n) is 14.8. The predicted molar refractivity (Wildman–Crippen MR) is 116 cm³/mol. The molecule has 0 atom stereocenters. The first kappa shape index (κ1) is 15.5. The number of rotatable bonds is 2. The summed E-state index contributed by atoms with van der Waals surface area (Å²) >= 11 is 1.78. The molecule has 6 aromatic rings. The van der Waals surface area contributed by atoms with E-state index in [0.717, 1.165) is 38.6 Å². The molecule has 0 saturated heterocycles. The second kappa shape index (κ2) is 6.01. The monoisotopic (exact) mass is 378 g/mol. The second-order valence-electron chi connectivity index (χ2n) is 6.77. The van der Waals surface area contributed by atoms with E-state index in [1.807, 2.05) is 24.5 Å². The minimum atomic E-state index is 0.917. The molecule has 4 heterocycles. The van der Waals surface area contributed by atoms with Crippen LogP contribution in [-0.2, 0) is 0 Å². The number of furan rings is 1. The zero-order valence-corrected chi connectivity index (χ0v) is 15.6. The number of benzene rings is 2. The molecule has 0 aliphatic carbocycles. The number of hydrogen-bond acceptors (Lipinski definition) is 4. The number of aromatic nitrogens is 2. The summed E-state index contributed by atoms with van der Waals surface area (Å²) in [5.74, 6) is 0. The normalized spacial score (nSPS) is 11.6. The highest BCUT2D eigenvalue weighted by Gasteiger charge is 2.15. The van der Waals surface area contributed by atoms with Crippen molar-refractivity contribution in [3.05, 3.63) is 85.5 Å². The van der Waals surface area contributed by atoms with Crippen molar-refractivity contribution >= 4 is 42.7 Å². The number of nitrogens with zero attached hydrogens (tertiary/aromatic N) is 2. The molecule has 0 spiro atoms. The number of fused-ring (bicyclic) bond motifs is 5. The van der Waals surface area contributed by atoms with Crippen LogP contribution in [0, 0.1) is 0 Å². The van der Waals surface area contributed by atoms with Crippen LogP contribution in [0.3, 0.4) is 0 Å². The highest BCUT2D eigenvalue weighted by Crippen LogP contribution is 2.42. The Balaban J connectivity index is 1.53. The van der Waals surface area contributed by atoms with Crippen molar-refractivity contribution in [1.82, 2.24) is 9.97 Å². The molecular formula is C24H14N2OS. The summed E-state index contributed by atoms with van der Waals surface area (Å²) in [6.07, 6.45) is 7.36. The van der Waals surface area contributed by atoms with E-state index in [2.05, 4.69) is 58.5 Å². The van der Waals surface area contributed by atoms with Crippen LogP contribution >= 0.6 is 11.3 Å². The third-order valence-corrected chi connectivity index (χ3v) is 6.24. The Labute approximate surface area is 164 Å². The van der Waals surface area contributed by atoms with Crippen molar-refractivity contribution in [1.29, 1.82) is 0 Å². The minimum Gasteiger partial charge on any atom is -0.454 e. The molecule has 3 nitrogen and oxygen atoms in total. The van der Waals surface area contributed by atoms with E-state index in [-0.39, 0.29) is 0 Å². The summed E-state index contributed by atoms with van der Waals surface area (Å²) in [6.45, 7) is 0. The van der Waals surface area contributed by atoms with Gasteiger partial charge in [0.2, 0.25) is 0 Å². The fraction of sp³-hybridized carbons (Fsp3) is 0. The fourth-order valence-corrected chi connectivity index (χ4v) is 4.88. The highest BCUT2D eigenvalue weighted by atomic mass is 32.1. The lowest BCUT2D eigenvalue weighted by Gasteiger charge is -2.01. The van der Waals surface area contributed by atoms with Crippen molar-refractivity contribution < 1.29 is 4.42 Å². The van der Waals surface area contributed by atoms with E-state index in [0.29, 0.717) is 0 Å². The van der Waals surface area contributed by atoms with Crippen LogP contribution in [0.15, 0.2) is 89.9 Å². The summed E-state index contributed by atoms with van der Waals surface area (Å²) in [7, 11) is 0. The van der Waals surface area contributed by atoms with E-state index >= 15 is 0 Å². The molecule has 28 heavy (non-hydrogen) atoms. The van der Waals surface area contributed by atoms with E-state index in [9.17, 15) is 0 Å². The first-order chi connectivity index (χ1) is 13.9. The number of thiophene rings is 1. The molecule has 0 aliphatic heterocycles. The molecule has 4 heteroatoms. The van der Waals surface area contributed by atoms with Gasteiger partial charge in [-0.15, -0.1) is 11.3 Å². The summed E-state index contributed by atoms with van der Waals surface area (Å²) in [4.78, 5) is 8.44. The van der Waals surface area contributed by atoms with E-state index in [1.54, 1.807) is 23.7 Å². The third-order valence-electron chi connectivity index (χ3n) is 5.07. The van der Waals surface area contributed by atoms with Gasteiger partial charge >= 0.3 is 0 Å². The third kappa shape index (κ3) is 2.35. The van der Waals surface area contributed by atoms with Crippen molar-refractivity contribution in [2.45, 2.75) is 0 Å². The van der Waals surface area contributed by atoms with Crippen LogP contribution in [0.4, 0.5) is 0 Å². The Morgan fingerprint density at radius 1 is 0.679 bits per heavy atom. The summed E-state index contributed by atoms with van der Waals surface area (Å²) < 4.78 is 8.72. The van der Waals surface area contributed by atoms with Crippen LogP contribution in [0.25, 0.3) is 53.6 Å². The fourth-order valence-electron chi connectivity index (χ4n) is 3.68. The first-order valence-corrected chi connectivity index (χ1v) is 9.88. The molecule has 0 fully saturated rings. The van der Waals surface area contributed by atoms with Gasteiger partial charge in [0.25, 0.3) is 0 Å². The van der Waals surface area contributed by atoms with E-state index < -0.39 is 0 Å². The largest absolute Gasteiger partial charge is 0.454 e. The van der Waals surface area contributed by atoms with Gasteiger partial charge < -0.3 is 4.42 Å². The topological polar surface area (TPSA) is 38.9 Å². The van der Waals surface area contributed by atoms with Gasteiger partial charge in [0.15, 0.2) is 5.58 Å². The maximum Gasteiger partial charge on any atom is 0.154 e. The van der Waals surface area contributed by atoms with Crippen molar-refractivity contribution in [3.63, 3.8) is 0 Å². The zero-order chi connectivity index (χ0) is 18.5. The molecular weight excluding hydrogens is 364 g/mol. The summed E-state index contributed by atoms with van der Waals surface area (Å²) in [5.41, 5.74) is 6.39. The van der Waals surface area contributed by atoms with Gasteiger partial charge in [-0.1, -0.05) is 24.3 Å². The molecule has 0 N–H and O–H groups in total. The van der Waals surface area contributed by atoms with Crippen molar-refractivity contribution in [2.75, 3.05) is 0 Å². The maximum atomic E-state index is 6.29. The predicted octanol–water partition coefficient (Wildman–Crippen LogP) is 6.92. The molecule has 0 radical (unpaired) electrons. The van der Waals surface area contributed by atoms with Gasteiger partial charge in [-0.2, -0.15) is 0 Å². The molecule has 0 bridgehead atoms. The Kier molecular flexibility index (Phi) is 3.34. The maximum absolute atomic E-state index is 6.29. The number of hydrogen-bond donors (Lipinski definition) is 0. The molecule has 0 saturated carbocycles. The van der Waals surface area contributed by atoms with Crippen molar-refractivity contribution in [3.8, 4) is 22.3 Å². The molecule has 6 rings (SSSR count).